The first kappa shape index (κ1) is 82.0. The third-order valence-electron chi connectivity index (χ3n) is 12.9. The number of guanidine groups is 4. The van der Waals surface area contributed by atoms with Crippen molar-refractivity contribution in [3.05, 3.63) is 0 Å². The molecule has 11 amide bonds. The number of hydrogen-bond acceptors (Lipinski definition) is 20. The number of hydrogen-bond donors (Lipinski definition) is 24. The van der Waals surface area contributed by atoms with Crippen molar-refractivity contribution in [2.75, 3.05) is 58.2 Å². The van der Waals surface area contributed by atoms with Gasteiger partial charge in [0.2, 0.25) is 65.0 Å². The van der Waals surface area contributed by atoms with Crippen molar-refractivity contribution in [1.29, 1.82) is 0 Å². The molecule has 9 atom stereocenters. The van der Waals surface area contributed by atoms with Crippen molar-refractivity contribution >= 4 is 107 Å². The second kappa shape index (κ2) is 47.0. The Morgan fingerprint density at radius 1 is 0.418 bits per heavy atom. The summed E-state index contributed by atoms with van der Waals surface area (Å²) < 4.78 is 0. The Hall–Kier alpha value is -9.05. The van der Waals surface area contributed by atoms with E-state index in [9.17, 15) is 67.7 Å². The predicted octanol–water partition coefficient (Wildman–Crippen LogP) is -10.8. The maximum Gasteiger partial charge on any atom is 0.327 e. The fourth-order valence-electron chi connectivity index (χ4n) is 8.13. The molecular weight excluding hydrogens is 1220 g/mol. The molecule has 0 saturated heterocycles. The molecule has 40 heteroatoms. The number of aliphatic imine (C=N–C) groups is 4. The van der Waals surface area contributed by atoms with Crippen molar-refractivity contribution in [1.82, 2.24) is 53.2 Å². The van der Waals surface area contributed by atoms with Gasteiger partial charge in [0.1, 0.15) is 54.4 Å². The average Bonchev–Trinajstić information content (AvgIpc) is 2.32. The van der Waals surface area contributed by atoms with E-state index in [1.54, 1.807) is 0 Å². The number of nitrogens with two attached hydrogens (primary N) is 11. The summed E-state index contributed by atoms with van der Waals surface area (Å²) in [6.07, 6.45) is -0.517. The molecule has 0 aliphatic heterocycles. The third-order valence-corrected chi connectivity index (χ3v) is 13.3. The Morgan fingerprint density at radius 3 is 1.01 bits per heavy atom. The van der Waals surface area contributed by atoms with Crippen LogP contribution in [0.4, 0.5) is 0 Å². The highest BCUT2D eigenvalue weighted by Crippen LogP contribution is 2.12. The summed E-state index contributed by atoms with van der Waals surface area (Å²) in [7, 11) is 0. The van der Waals surface area contributed by atoms with Crippen LogP contribution >= 0.6 is 12.6 Å². The number of thiol groups is 1. The van der Waals surface area contributed by atoms with Gasteiger partial charge >= 0.3 is 5.97 Å². The number of rotatable bonds is 49. The second-order valence-electron chi connectivity index (χ2n) is 20.6. The summed E-state index contributed by atoms with van der Waals surface area (Å²) in [6.45, 7) is 0.115. The van der Waals surface area contributed by atoms with E-state index >= 15 is 0 Å². The minimum Gasteiger partial charge on any atom is -0.480 e. The quantitative estimate of drug-likeness (QED) is 0.0116. The Balaban J connectivity index is 7.46. The highest BCUT2D eigenvalue weighted by atomic mass is 32.1. The summed E-state index contributed by atoms with van der Waals surface area (Å²) in [5.74, 6) is -12.6. The van der Waals surface area contributed by atoms with E-state index in [1.807, 2.05) is 0 Å². The van der Waals surface area contributed by atoms with Crippen LogP contribution in [-0.4, -0.2) is 218 Å². The molecule has 0 unspecified atom stereocenters. The normalized spacial score (nSPS) is 13.7. The Bertz CT molecular complexity index is 2490. The standard InChI is InChI=1S/C51H97N25O14S/c1-27(78)63-19-5-3-11-31(70-40(82)29(12-6-20-64-48(55)56)69-38(80)24-68-39(81)28(53)25-77)42(84)71-30(10-2-4-18-52)41(83)72-32(13-7-21-65-49(57)58)43(85)73-33(14-8-22-66-50(59)60)44(86)75-35(16-17-37(54)79)46(88)74-34(15-9-23-67-51(61)62)45(87)76-36(26-91)47(89)90/h28-36,77,91H,2-26,52-53H2,1H3,(H2,54,79)(H,63,78)(H,68,81)(H,69,80)(H,70,82)(H,71,84)(H,72,83)(H,73,85)(H,74,88)(H,75,86)(H,76,87)(H,89,90)(H4,55,56,64)(H4,57,58,65)(H4,59,60,66)(H4,61,62,67)/t28-,29-,30-,31-,32-,33-,34-,35-,36-/m0/s1. The number of carboxylic acid groups (broad SMARTS) is 1. The summed E-state index contributed by atoms with van der Waals surface area (Å²) in [4.78, 5) is 176. The lowest BCUT2D eigenvalue weighted by molar-refractivity contribution is -0.141. The Morgan fingerprint density at radius 2 is 0.725 bits per heavy atom. The van der Waals surface area contributed by atoms with Crippen molar-refractivity contribution < 1.29 is 67.7 Å². The highest BCUT2D eigenvalue weighted by molar-refractivity contribution is 7.80. The van der Waals surface area contributed by atoms with Crippen LogP contribution in [-0.2, 0) is 57.5 Å². The number of amides is 11. The predicted molar refractivity (Wildman–Crippen MR) is 339 cm³/mol. The number of carboxylic acids is 1. The number of aliphatic carboxylic acids is 1. The zero-order chi connectivity index (χ0) is 69.0. The monoisotopic (exact) mass is 1320 g/mol. The lowest BCUT2D eigenvalue weighted by Crippen LogP contribution is -2.60. The van der Waals surface area contributed by atoms with Crippen molar-refractivity contribution in [2.45, 2.75) is 164 Å². The second-order valence-corrected chi connectivity index (χ2v) is 21.0. The number of unbranched alkanes of at least 4 members (excludes halogenated alkanes) is 2. The van der Waals surface area contributed by atoms with Crippen LogP contribution in [0, 0.1) is 0 Å². The molecule has 0 spiro atoms. The minimum absolute atomic E-state index is 0.00789. The van der Waals surface area contributed by atoms with Crippen molar-refractivity contribution in [3.63, 3.8) is 0 Å². The molecule has 39 nitrogen and oxygen atoms in total. The number of carbonyl (C=O) groups excluding carboxylic acids is 11. The van der Waals surface area contributed by atoms with Gasteiger partial charge in [-0.2, -0.15) is 12.6 Å². The number of nitrogens with zero attached hydrogens (tertiary/aromatic N) is 4. The SMILES string of the molecule is CC(=O)NCCCC[C@H](NC(=O)[C@H](CCCN=C(N)N)NC(=O)CNC(=O)[C@@H](N)CO)C(=O)N[C@@H](CCCCN)C(=O)N[C@@H](CCCN=C(N)N)C(=O)N[C@@H](CCCN=C(N)N)C(=O)N[C@@H](CCC(N)=O)C(=O)N[C@@H](CCCN=C(N)N)C(=O)N[C@@H](CS)C(=O)O. The van der Waals surface area contributed by atoms with Crippen LogP contribution in [0.3, 0.4) is 0 Å². The van der Waals surface area contributed by atoms with E-state index in [2.05, 4.69) is 85.8 Å². The van der Waals surface area contributed by atoms with E-state index in [0.29, 0.717) is 12.8 Å². The van der Waals surface area contributed by atoms with Crippen molar-refractivity contribution in [3.8, 4) is 0 Å². The number of aliphatic hydroxyl groups excluding tert-OH is 1. The maximum absolute atomic E-state index is 14.6. The molecule has 0 heterocycles. The first-order valence-corrected chi connectivity index (χ1v) is 29.9. The van der Waals surface area contributed by atoms with Crippen LogP contribution in [0.1, 0.15) is 110 Å². The molecular formula is C51H97N25O14S. The number of primary amides is 1. The molecule has 0 bridgehead atoms. The van der Waals surface area contributed by atoms with E-state index in [-0.39, 0.29) is 152 Å². The smallest absolute Gasteiger partial charge is 0.327 e. The fourth-order valence-corrected chi connectivity index (χ4v) is 8.38. The van der Waals surface area contributed by atoms with E-state index < -0.39 is 145 Å². The Labute approximate surface area is 531 Å². The molecule has 0 saturated carbocycles. The van der Waals surface area contributed by atoms with Crippen molar-refractivity contribution in [2.24, 2.45) is 83.0 Å². The zero-order valence-corrected chi connectivity index (χ0v) is 52.1. The van der Waals surface area contributed by atoms with Gasteiger partial charge in [0.25, 0.3) is 0 Å². The summed E-state index contributed by atoms with van der Waals surface area (Å²) in [6, 6.07) is -13.3. The summed E-state index contributed by atoms with van der Waals surface area (Å²) in [5, 5.41) is 43.9. The summed E-state index contributed by atoms with van der Waals surface area (Å²) in [5.41, 5.74) is 60.7. The van der Waals surface area contributed by atoms with E-state index in [1.165, 1.54) is 6.92 Å². The van der Waals surface area contributed by atoms with Crippen LogP contribution in [0.5, 0.6) is 0 Å². The van der Waals surface area contributed by atoms with Gasteiger partial charge in [-0.05, 0) is 103 Å². The van der Waals surface area contributed by atoms with Gasteiger partial charge in [-0.1, -0.05) is 0 Å². The number of nitrogens with one attached hydrogen (secondary N) is 10. The molecule has 0 radical (unpaired) electrons. The molecule has 0 aromatic carbocycles. The van der Waals surface area contributed by atoms with Gasteiger partial charge in [0, 0.05) is 51.8 Å². The molecule has 516 valence electrons. The molecule has 0 aliphatic carbocycles. The van der Waals surface area contributed by atoms with Gasteiger partial charge in [-0.25, -0.2) is 4.79 Å². The Kier molecular flexibility index (Phi) is 42.3. The highest BCUT2D eigenvalue weighted by Gasteiger charge is 2.35. The summed E-state index contributed by atoms with van der Waals surface area (Å²) >= 11 is 3.97. The van der Waals surface area contributed by atoms with Crippen LogP contribution in [0.25, 0.3) is 0 Å². The first-order valence-electron chi connectivity index (χ1n) is 29.3. The largest absolute Gasteiger partial charge is 0.480 e. The lowest BCUT2D eigenvalue weighted by Gasteiger charge is -2.28. The minimum atomic E-state index is -1.65. The topological polar surface area (TPSA) is 701 Å². The fraction of sp³-hybridized carbons (Fsp3) is 0.686. The molecule has 0 fully saturated rings. The molecule has 0 aromatic heterocycles. The first-order chi connectivity index (χ1) is 42.9. The third kappa shape index (κ3) is 38.9. The molecule has 0 aromatic rings. The maximum atomic E-state index is 14.6. The van der Waals surface area contributed by atoms with Gasteiger partial charge in [-0.3, -0.25) is 72.7 Å². The van der Waals surface area contributed by atoms with Gasteiger partial charge < -0.3 is 126 Å². The van der Waals surface area contributed by atoms with Crippen LogP contribution in [0.2, 0.25) is 0 Å². The van der Waals surface area contributed by atoms with Gasteiger partial charge in [-0.15, -0.1) is 0 Å². The number of carbonyl (C=O) groups is 12. The molecule has 0 rings (SSSR count). The molecule has 91 heavy (non-hydrogen) atoms. The van der Waals surface area contributed by atoms with Gasteiger partial charge in [0.05, 0.1) is 13.2 Å². The number of aliphatic hydroxyl groups is 1. The van der Waals surface area contributed by atoms with Gasteiger partial charge in [0.15, 0.2) is 23.8 Å². The van der Waals surface area contributed by atoms with E-state index in [4.69, 9.17) is 63.1 Å². The molecule has 34 N–H and O–H groups in total. The zero-order valence-electron chi connectivity index (χ0n) is 51.3. The van der Waals surface area contributed by atoms with E-state index in [0.717, 1.165) is 0 Å². The average molecular weight is 1320 g/mol. The molecule has 0 aliphatic rings. The van der Waals surface area contributed by atoms with Crippen LogP contribution < -0.4 is 116 Å². The van der Waals surface area contributed by atoms with Crippen LogP contribution in [0.15, 0.2) is 20.0 Å². The lowest BCUT2D eigenvalue weighted by atomic mass is 10.0.